The van der Waals surface area contributed by atoms with E-state index in [9.17, 15) is 0 Å². The molecule has 10 aromatic rings. The minimum absolute atomic E-state index is 0. The van der Waals surface area contributed by atoms with Gasteiger partial charge in [0, 0.05) is 34.3 Å². The Morgan fingerprint density at radius 1 is 0.553 bits per heavy atom. The Bertz CT molecular complexity index is 2870. The van der Waals surface area contributed by atoms with Crippen molar-refractivity contribution in [2.75, 3.05) is 0 Å². The maximum atomic E-state index is 6.52. The van der Waals surface area contributed by atoms with Crippen LogP contribution in [-0.4, -0.2) is 18.8 Å². The van der Waals surface area contributed by atoms with Crippen molar-refractivity contribution < 1.29 is 25.8 Å². The normalized spacial score (nSPS) is 11.8. The Morgan fingerprint density at radius 2 is 1.15 bits per heavy atom. The first-order valence-electron chi connectivity index (χ1n) is 15.3. The van der Waals surface area contributed by atoms with Crippen LogP contribution in [-0.2, 0) is 21.1 Å². The minimum Gasteiger partial charge on any atom is -0.497 e. The van der Waals surface area contributed by atoms with Crippen LogP contribution in [0.2, 0.25) is 0 Å². The van der Waals surface area contributed by atoms with Gasteiger partial charge in [-0.3, -0.25) is 9.97 Å². The van der Waals surface area contributed by atoms with E-state index in [0.717, 1.165) is 76.9 Å². The average molecular weight is 784 g/mol. The van der Waals surface area contributed by atoms with Crippen LogP contribution in [0.3, 0.4) is 0 Å². The predicted octanol–water partition coefficient (Wildman–Crippen LogP) is 10.1. The summed E-state index contributed by atoms with van der Waals surface area (Å²) in [5, 5.41) is 6.27. The number of hydrogen-bond donors (Lipinski definition) is 0. The average Bonchev–Trinajstić information content (AvgIpc) is 3.72. The third-order valence-electron chi connectivity index (χ3n) is 9.08. The zero-order valence-electron chi connectivity index (χ0n) is 25.1. The van der Waals surface area contributed by atoms with Gasteiger partial charge in [-0.15, -0.1) is 12.1 Å². The van der Waals surface area contributed by atoms with Crippen LogP contribution in [0.1, 0.15) is 5.56 Å². The summed E-state index contributed by atoms with van der Waals surface area (Å²) in [6.45, 7) is 2.12. The molecule has 0 amide bonds. The first-order chi connectivity index (χ1) is 22.7. The van der Waals surface area contributed by atoms with Crippen LogP contribution in [0.4, 0.5) is 0 Å². The van der Waals surface area contributed by atoms with Gasteiger partial charge in [-0.05, 0) is 47.5 Å². The molecular formula is C41H24N4OPt. The van der Waals surface area contributed by atoms with Gasteiger partial charge in [0.15, 0.2) is 0 Å². The monoisotopic (exact) mass is 783 g/mol. The molecule has 0 saturated carbocycles. The molecule has 0 aliphatic heterocycles. The number of aryl methyl sites for hydroxylation is 1. The van der Waals surface area contributed by atoms with Crippen LogP contribution in [0.15, 0.2) is 128 Å². The molecule has 5 nitrogen and oxygen atoms in total. The number of aromatic nitrogens is 4. The molecule has 224 valence electrons. The number of pyridine rings is 2. The van der Waals surface area contributed by atoms with Crippen molar-refractivity contribution in [2.45, 2.75) is 6.92 Å². The summed E-state index contributed by atoms with van der Waals surface area (Å²) < 4.78 is 10.9. The number of hydrogen-bond acceptors (Lipinski definition) is 3. The zero-order chi connectivity index (χ0) is 30.4. The second kappa shape index (κ2) is 10.5. The molecule has 0 aliphatic rings. The Balaban J connectivity index is 0.00000302. The van der Waals surface area contributed by atoms with E-state index in [1.54, 1.807) is 0 Å². The second-order valence-corrected chi connectivity index (χ2v) is 11.8. The fourth-order valence-electron chi connectivity index (χ4n) is 6.96. The van der Waals surface area contributed by atoms with E-state index < -0.39 is 0 Å². The van der Waals surface area contributed by atoms with Gasteiger partial charge in [-0.1, -0.05) is 119 Å². The SMILES string of the molecule is Cc1ccccc1-c1cn2c3ccccc3c3ccc(Oc4[c-]c5c(cc4)c4ccccc4n4c6ccccc6nc54)[c-]c3c2n1.[Pt+2]. The van der Waals surface area contributed by atoms with E-state index in [1.165, 1.54) is 5.56 Å². The second-order valence-electron chi connectivity index (χ2n) is 11.8. The summed E-state index contributed by atoms with van der Waals surface area (Å²) in [7, 11) is 0. The van der Waals surface area contributed by atoms with E-state index in [2.05, 4.69) is 137 Å². The summed E-state index contributed by atoms with van der Waals surface area (Å²) >= 11 is 0. The van der Waals surface area contributed by atoms with E-state index >= 15 is 0 Å². The molecule has 6 aromatic carbocycles. The van der Waals surface area contributed by atoms with Gasteiger partial charge in [0.2, 0.25) is 0 Å². The molecule has 0 N–H and O–H groups in total. The van der Waals surface area contributed by atoms with Gasteiger partial charge in [0.05, 0.1) is 28.0 Å². The van der Waals surface area contributed by atoms with Crippen LogP contribution >= 0.6 is 0 Å². The summed E-state index contributed by atoms with van der Waals surface area (Å²) in [5.41, 5.74) is 9.17. The fourth-order valence-corrected chi connectivity index (χ4v) is 6.96. The number of rotatable bonds is 3. The molecule has 0 bridgehead atoms. The molecule has 0 aliphatic carbocycles. The van der Waals surface area contributed by atoms with Crippen molar-refractivity contribution in [3.63, 3.8) is 0 Å². The number of ether oxygens (including phenoxy) is 1. The summed E-state index contributed by atoms with van der Waals surface area (Å²) in [5.74, 6) is 1.21. The maximum absolute atomic E-state index is 6.52. The van der Waals surface area contributed by atoms with Crippen LogP contribution in [0, 0.1) is 19.1 Å². The molecule has 4 aromatic heterocycles. The summed E-state index contributed by atoms with van der Waals surface area (Å²) in [4.78, 5) is 10.2. The molecule has 0 fully saturated rings. The van der Waals surface area contributed by atoms with Crippen molar-refractivity contribution >= 4 is 65.7 Å². The van der Waals surface area contributed by atoms with Crippen LogP contribution in [0.5, 0.6) is 11.5 Å². The molecular weight excluding hydrogens is 760 g/mol. The van der Waals surface area contributed by atoms with E-state index in [0.29, 0.717) is 11.5 Å². The first-order valence-corrected chi connectivity index (χ1v) is 15.3. The van der Waals surface area contributed by atoms with Crippen LogP contribution in [0.25, 0.3) is 76.9 Å². The Morgan fingerprint density at radius 3 is 1.89 bits per heavy atom. The van der Waals surface area contributed by atoms with Crippen molar-refractivity contribution in [3.8, 4) is 22.8 Å². The molecule has 10 rings (SSSR count). The van der Waals surface area contributed by atoms with Gasteiger partial charge >= 0.3 is 21.1 Å². The number of imidazole rings is 2. The van der Waals surface area contributed by atoms with Crippen molar-refractivity contribution in [3.05, 3.63) is 145 Å². The molecule has 47 heavy (non-hydrogen) atoms. The number of nitrogens with zero attached hydrogens (tertiary/aromatic N) is 4. The van der Waals surface area contributed by atoms with E-state index in [4.69, 9.17) is 14.7 Å². The number of para-hydroxylation sites is 4. The zero-order valence-corrected chi connectivity index (χ0v) is 27.4. The molecule has 0 atom stereocenters. The Hall–Kier alpha value is -5.51. The Kier molecular flexibility index (Phi) is 6.21. The topological polar surface area (TPSA) is 43.8 Å². The molecule has 0 spiro atoms. The maximum Gasteiger partial charge on any atom is 2.00 e. The largest absolute Gasteiger partial charge is 2.00 e. The Labute approximate surface area is 283 Å². The van der Waals surface area contributed by atoms with E-state index in [1.807, 2.05) is 18.2 Å². The summed E-state index contributed by atoms with van der Waals surface area (Å²) in [6.07, 6.45) is 2.13. The minimum atomic E-state index is 0. The molecule has 4 heterocycles. The van der Waals surface area contributed by atoms with Crippen molar-refractivity contribution in [1.82, 2.24) is 18.8 Å². The van der Waals surface area contributed by atoms with Gasteiger partial charge in [-0.25, -0.2) is 0 Å². The van der Waals surface area contributed by atoms with Crippen molar-refractivity contribution in [1.29, 1.82) is 0 Å². The predicted molar refractivity (Wildman–Crippen MR) is 186 cm³/mol. The number of fused-ring (bicyclic) bond motifs is 14. The van der Waals surface area contributed by atoms with Gasteiger partial charge < -0.3 is 13.5 Å². The molecule has 6 heteroatoms. The van der Waals surface area contributed by atoms with Crippen LogP contribution < -0.4 is 4.74 Å². The van der Waals surface area contributed by atoms with Crippen molar-refractivity contribution in [2.24, 2.45) is 0 Å². The quantitative estimate of drug-likeness (QED) is 0.132. The molecule has 0 saturated heterocycles. The standard InChI is InChI=1S/C41H24N4O.Pt/c1-25-10-2-3-11-28(25)36-24-44-37-15-7-4-12-31(37)29-20-18-26(22-33(29)40(44)43-36)46-27-19-21-30-32-13-5-8-16-38(32)45-39-17-9-6-14-35(39)42-41(45)34(30)23-27;/h2-21,24H,1H3;/q-2;+2. The van der Waals surface area contributed by atoms with Gasteiger partial charge in [-0.2, -0.15) is 0 Å². The third kappa shape index (κ3) is 4.13. The summed E-state index contributed by atoms with van der Waals surface area (Å²) in [6, 6.07) is 48.8. The van der Waals surface area contributed by atoms with E-state index in [-0.39, 0.29) is 21.1 Å². The molecule has 0 unspecified atom stereocenters. The third-order valence-corrected chi connectivity index (χ3v) is 9.08. The first kappa shape index (κ1) is 27.8. The van der Waals surface area contributed by atoms with Gasteiger partial charge in [0.25, 0.3) is 0 Å². The smallest absolute Gasteiger partial charge is 0.497 e. The number of benzene rings is 6. The molecule has 0 radical (unpaired) electrons. The fraction of sp³-hybridized carbons (Fsp3) is 0.0244. The van der Waals surface area contributed by atoms with Gasteiger partial charge in [0.1, 0.15) is 0 Å².